The van der Waals surface area contributed by atoms with Gasteiger partial charge in [0, 0.05) is 24.1 Å². The third-order valence-electron chi connectivity index (χ3n) is 2.53. The molecule has 1 N–H and O–H groups in total. The van der Waals surface area contributed by atoms with Crippen LogP contribution in [-0.4, -0.2) is 27.5 Å². The Kier molecular flexibility index (Phi) is 4.06. The summed E-state index contributed by atoms with van der Waals surface area (Å²) in [4.78, 5) is 14.4. The fourth-order valence-corrected chi connectivity index (χ4v) is 2.95. The Hall–Kier alpha value is -1.01. The zero-order valence-corrected chi connectivity index (χ0v) is 10.6. The normalized spacial score (nSPS) is 19.9. The maximum atomic E-state index is 10.9. The van der Waals surface area contributed by atoms with E-state index < -0.39 is 4.92 Å². The van der Waals surface area contributed by atoms with Gasteiger partial charge in [0.25, 0.3) is 0 Å². The Morgan fingerprint density at radius 3 is 3.12 bits per heavy atom. The number of hydrogen-bond acceptors (Lipinski definition) is 5. The fourth-order valence-electron chi connectivity index (χ4n) is 1.73. The van der Waals surface area contributed by atoms with Gasteiger partial charge in [-0.25, -0.2) is 4.98 Å². The van der Waals surface area contributed by atoms with Crippen LogP contribution >= 0.6 is 23.4 Å². The summed E-state index contributed by atoms with van der Waals surface area (Å²) in [5.74, 6) is 2.43. The predicted octanol–water partition coefficient (Wildman–Crippen LogP) is 2.95. The van der Waals surface area contributed by atoms with Crippen molar-refractivity contribution in [1.29, 1.82) is 0 Å². The molecule has 0 saturated carbocycles. The Morgan fingerprint density at radius 1 is 1.65 bits per heavy atom. The lowest BCUT2D eigenvalue weighted by Crippen LogP contribution is -2.26. The van der Waals surface area contributed by atoms with Crippen molar-refractivity contribution in [2.45, 2.75) is 18.9 Å². The number of anilines is 1. The number of pyridine rings is 1. The van der Waals surface area contributed by atoms with Crippen molar-refractivity contribution in [3.05, 3.63) is 27.4 Å². The van der Waals surface area contributed by atoms with Crippen LogP contribution < -0.4 is 5.32 Å². The van der Waals surface area contributed by atoms with Crippen LogP contribution in [-0.2, 0) is 0 Å². The highest BCUT2D eigenvalue weighted by Gasteiger charge is 2.20. The highest BCUT2D eigenvalue weighted by Crippen LogP contribution is 2.28. The molecular formula is C10H12ClN3O2S. The Labute approximate surface area is 108 Å². The minimum absolute atomic E-state index is 0.0620. The van der Waals surface area contributed by atoms with Crippen LogP contribution in [0.3, 0.4) is 0 Å². The van der Waals surface area contributed by atoms with Gasteiger partial charge in [0.15, 0.2) is 0 Å². The molecule has 2 heterocycles. The number of aromatic nitrogens is 1. The van der Waals surface area contributed by atoms with E-state index in [0.717, 1.165) is 24.3 Å². The van der Waals surface area contributed by atoms with Crippen LogP contribution in [0.4, 0.5) is 11.5 Å². The molecule has 17 heavy (non-hydrogen) atoms. The lowest BCUT2D eigenvalue weighted by atomic mass is 10.2. The largest absolute Gasteiger partial charge is 0.361 e. The first-order valence-electron chi connectivity index (χ1n) is 5.31. The summed E-state index contributed by atoms with van der Waals surface area (Å²) < 4.78 is 0. The molecule has 0 amide bonds. The highest BCUT2D eigenvalue weighted by atomic mass is 35.5. The average Bonchev–Trinajstić information content (AvgIpc) is 2.32. The lowest BCUT2D eigenvalue weighted by molar-refractivity contribution is -0.384. The van der Waals surface area contributed by atoms with Crippen LogP contribution in [0.1, 0.15) is 12.8 Å². The van der Waals surface area contributed by atoms with E-state index in [9.17, 15) is 10.1 Å². The molecule has 1 atom stereocenters. The molecule has 0 bridgehead atoms. The van der Waals surface area contributed by atoms with Crippen LogP contribution in [0.5, 0.6) is 0 Å². The molecule has 0 spiro atoms. The summed E-state index contributed by atoms with van der Waals surface area (Å²) in [5.41, 5.74) is -0.0620. The summed E-state index contributed by atoms with van der Waals surface area (Å²) in [6.07, 6.45) is 3.57. The van der Waals surface area contributed by atoms with E-state index in [4.69, 9.17) is 11.6 Å². The van der Waals surface area contributed by atoms with Crippen molar-refractivity contribution in [1.82, 2.24) is 4.98 Å². The molecular weight excluding hydrogens is 262 g/mol. The Balaban J connectivity index is 2.16. The molecule has 5 nitrogen and oxygen atoms in total. The molecule has 1 aromatic rings. The summed E-state index contributed by atoms with van der Waals surface area (Å²) in [6.45, 7) is 0. The summed E-state index contributed by atoms with van der Waals surface area (Å²) >= 11 is 7.56. The number of rotatable bonds is 3. The molecule has 1 aliphatic rings. The van der Waals surface area contributed by atoms with E-state index in [1.54, 1.807) is 0 Å². The van der Waals surface area contributed by atoms with Gasteiger partial charge < -0.3 is 5.32 Å². The average molecular weight is 274 g/mol. The van der Waals surface area contributed by atoms with Gasteiger partial charge in [0.05, 0.1) is 9.95 Å². The zero-order valence-electron chi connectivity index (χ0n) is 9.06. The number of thioether (sulfide) groups is 1. The first-order valence-corrected chi connectivity index (χ1v) is 6.84. The Bertz CT molecular complexity index is 424. The van der Waals surface area contributed by atoms with Crippen LogP contribution in [0.15, 0.2) is 12.3 Å². The van der Waals surface area contributed by atoms with Crippen molar-refractivity contribution in [2.24, 2.45) is 0 Å². The topological polar surface area (TPSA) is 68.1 Å². The van der Waals surface area contributed by atoms with Gasteiger partial charge in [0.1, 0.15) is 0 Å². The molecule has 1 aliphatic heterocycles. The summed E-state index contributed by atoms with van der Waals surface area (Å²) in [7, 11) is 0. The van der Waals surface area contributed by atoms with E-state index in [-0.39, 0.29) is 16.8 Å². The number of halogens is 1. The second-order valence-corrected chi connectivity index (χ2v) is 5.42. The maximum absolute atomic E-state index is 10.9. The Morgan fingerprint density at radius 2 is 2.47 bits per heavy atom. The molecule has 0 aliphatic carbocycles. The minimum Gasteiger partial charge on any atom is -0.361 e. The van der Waals surface area contributed by atoms with Crippen molar-refractivity contribution in [2.75, 3.05) is 16.8 Å². The van der Waals surface area contributed by atoms with Crippen molar-refractivity contribution in [3.8, 4) is 0 Å². The lowest BCUT2D eigenvalue weighted by Gasteiger charge is -2.22. The number of nitro groups is 1. The van der Waals surface area contributed by atoms with Gasteiger partial charge in [-0.1, -0.05) is 11.6 Å². The van der Waals surface area contributed by atoms with Crippen LogP contribution in [0, 0.1) is 10.1 Å². The van der Waals surface area contributed by atoms with Crippen molar-refractivity contribution in [3.63, 3.8) is 0 Å². The molecule has 1 saturated heterocycles. The third kappa shape index (κ3) is 3.23. The predicted molar refractivity (Wildman–Crippen MR) is 69.9 cm³/mol. The highest BCUT2D eigenvalue weighted by molar-refractivity contribution is 7.99. The number of nitrogens with one attached hydrogen (secondary N) is 1. The fraction of sp³-hybridized carbons (Fsp3) is 0.500. The van der Waals surface area contributed by atoms with Gasteiger partial charge in [-0.05, 0) is 18.6 Å². The van der Waals surface area contributed by atoms with E-state index >= 15 is 0 Å². The third-order valence-corrected chi connectivity index (χ3v) is 3.95. The SMILES string of the molecule is O=[N+]([O-])c1cc(Cl)cnc1NC1CCCSC1. The minimum atomic E-state index is -0.461. The first kappa shape index (κ1) is 12.4. The maximum Gasteiger partial charge on any atom is 0.312 e. The van der Waals surface area contributed by atoms with Gasteiger partial charge in [-0.3, -0.25) is 10.1 Å². The summed E-state index contributed by atoms with van der Waals surface area (Å²) in [5, 5.41) is 14.3. The molecule has 0 radical (unpaired) electrons. The molecule has 7 heteroatoms. The van der Waals surface area contributed by atoms with Crippen LogP contribution in [0.2, 0.25) is 5.02 Å². The van der Waals surface area contributed by atoms with Crippen molar-refractivity contribution < 1.29 is 4.92 Å². The second kappa shape index (κ2) is 5.55. The van der Waals surface area contributed by atoms with E-state index in [1.807, 2.05) is 11.8 Å². The molecule has 1 fully saturated rings. The molecule has 2 rings (SSSR count). The monoisotopic (exact) mass is 273 g/mol. The van der Waals surface area contributed by atoms with Gasteiger partial charge in [-0.15, -0.1) is 0 Å². The van der Waals surface area contributed by atoms with Gasteiger partial charge in [0.2, 0.25) is 5.82 Å². The number of hydrogen-bond donors (Lipinski definition) is 1. The number of nitrogens with zero attached hydrogens (tertiary/aromatic N) is 2. The zero-order chi connectivity index (χ0) is 12.3. The van der Waals surface area contributed by atoms with E-state index in [0.29, 0.717) is 5.82 Å². The molecule has 0 aromatic carbocycles. The van der Waals surface area contributed by atoms with Crippen LogP contribution in [0.25, 0.3) is 0 Å². The van der Waals surface area contributed by atoms with E-state index in [2.05, 4.69) is 10.3 Å². The molecule has 1 aromatic heterocycles. The quantitative estimate of drug-likeness (QED) is 0.677. The van der Waals surface area contributed by atoms with Gasteiger partial charge in [-0.2, -0.15) is 11.8 Å². The van der Waals surface area contributed by atoms with E-state index in [1.165, 1.54) is 12.3 Å². The first-order chi connectivity index (χ1) is 8.16. The van der Waals surface area contributed by atoms with Gasteiger partial charge >= 0.3 is 5.69 Å². The standard InChI is InChI=1S/C10H12ClN3O2S/c11-7-4-9(14(15)16)10(12-5-7)13-8-2-1-3-17-6-8/h4-5,8H,1-3,6H2,(H,12,13). The smallest absolute Gasteiger partial charge is 0.312 e. The van der Waals surface area contributed by atoms with Crippen molar-refractivity contribution >= 4 is 34.9 Å². The molecule has 1 unspecified atom stereocenters. The second-order valence-electron chi connectivity index (χ2n) is 3.84. The molecule has 92 valence electrons. The summed E-state index contributed by atoms with van der Waals surface area (Å²) in [6, 6.07) is 1.58.